The van der Waals surface area contributed by atoms with E-state index in [-0.39, 0.29) is 5.91 Å². The Kier molecular flexibility index (Phi) is 3.49. The third kappa shape index (κ3) is 3.73. The van der Waals surface area contributed by atoms with Crippen LogP contribution in [-0.4, -0.2) is 10.9 Å². The number of nitrogens with one attached hydrogen (secondary N) is 1. The summed E-state index contributed by atoms with van der Waals surface area (Å²) in [4.78, 5) is 15.1. The lowest BCUT2D eigenvalue weighted by atomic mass is 10.1. The van der Waals surface area contributed by atoms with E-state index in [1.807, 2.05) is 13.8 Å². The fourth-order valence-corrected chi connectivity index (χ4v) is 0.957. The van der Waals surface area contributed by atoms with Crippen LogP contribution in [0, 0.1) is 5.92 Å². The maximum absolute atomic E-state index is 11.2. The highest BCUT2D eigenvalue weighted by Gasteiger charge is 2.05. The van der Waals surface area contributed by atoms with E-state index in [4.69, 9.17) is 4.42 Å². The number of carbonyl (C=O) groups excluding carboxylic acids is 1. The Labute approximate surface area is 77.3 Å². The van der Waals surface area contributed by atoms with Crippen molar-refractivity contribution in [2.45, 2.75) is 26.8 Å². The monoisotopic (exact) mass is 182 g/mol. The van der Waals surface area contributed by atoms with Crippen molar-refractivity contribution in [3.63, 3.8) is 0 Å². The zero-order valence-corrected chi connectivity index (χ0v) is 7.91. The van der Waals surface area contributed by atoms with Crippen LogP contribution in [0.1, 0.15) is 26.2 Å². The van der Waals surface area contributed by atoms with Gasteiger partial charge >= 0.3 is 0 Å². The minimum atomic E-state index is 0.0354. The summed E-state index contributed by atoms with van der Waals surface area (Å²) in [5.41, 5.74) is 0. The van der Waals surface area contributed by atoms with Gasteiger partial charge in [-0.15, -0.1) is 0 Å². The van der Waals surface area contributed by atoms with E-state index in [2.05, 4.69) is 10.3 Å². The maximum atomic E-state index is 11.2. The molecule has 0 saturated heterocycles. The zero-order valence-electron chi connectivity index (χ0n) is 7.91. The standard InChI is InChI=1S/C9H14N2O2/c1-7(2)5-8(12)11-6-9-10-3-4-13-9/h3-4,7H,5-6H2,1-2H3,(H,11,12). The maximum Gasteiger partial charge on any atom is 0.220 e. The highest BCUT2D eigenvalue weighted by molar-refractivity contribution is 5.75. The van der Waals surface area contributed by atoms with Crippen molar-refractivity contribution >= 4 is 5.91 Å². The molecule has 0 aliphatic rings. The number of nitrogens with zero attached hydrogens (tertiary/aromatic N) is 1. The molecule has 0 aromatic carbocycles. The summed E-state index contributed by atoms with van der Waals surface area (Å²) in [5.74, 6) is 0.954. The van der Waals surface area contributed by atoms with Gasteiger partial charge in [0.25, 0.3) is 0 Å². The van der Waals surface area contributed by atoms with E-state index in [0.717, 1.165) is 0 Å². The molecular weight excluding hydrogens is 168 g/mol. The summed E-state index contributed by atoms with van der Waals surface area (Å²) in [5, 5.41) is 2.72. The van der Waals surface area contributed by atoms with Crippen LogP contribution in [0.3, 0.4) is 0 Å². The van der Waals surface area contributed by atoms with E-state index in [0.29, 0.717) is 24.8 Å². The summed E-state index contributed by atoms with van der Waals surface area (Å²) >= 11 is 0. The second-order valence-electron chi connectivity index (χ2n) is 3.30. The van der Waals surface area contributed by atoms with Crippen molar-refractivity contribution in [2.24, 2.45) is 5.92 Å². The van der Waals surface area contributed by atoms with Crippen molar-refractivity contribution < 1.29 is 9.21 Å². The molecule has 1 aromatic heterocycles. The van der Waals surface area contributed by atoms with Gasteiger partial charge in [0, 0.05) is 6.42 Å². The molecule has 1 heterocycles. The van der Waals surface area contributed by atoms with Crippen molar-refractivity contribution in [3.05, 3.63) is 18.4 Å². The van der Waals surface area contributed by atoms with Gasteiger partial charge in [-0.1, -0.05) is 13.8 Å². The first-order valence-corrected chi connectivity index (χ1v) is 4.33. The summed E-state index contributed by atoms with van der Waals surface area (Å²) in [7, 11) is 0. The largest absolute Gasteiger partial charge is 0.447 e. The molecule has 0 saturated carbocycles. The fourth-order valence-electron chi connectivity index (χ4n) is 0.957. The molecule has 0 aliphatic heterocycles. The molecular formula is C9H14N2O2. The lowest BCUT2D eigenvalue weighted by Gasteiger charge is -2.04. The number of oxazole rings is 1. The van der Waals surface area contributed by atoms with E-state index in [1.165, 1.54) is 6.26 Å². The lowest BCUT2D eigenvalue weighted by Crippen LogP contribution is -2.23. The molecule has 0 radical (unpaired) electrons. The molecule has 1 aromatic rings. The average molecular weight is 182 g/mol. The molecule has 1 N–H and O–H groups in total. The molecule has 72 valence electrons. The van der Waals surface area contributed by atoms with Gasteiger partial charge in [0.1, 0.15) is 6.26 Å². The molecule has 0 aliphatic carbocycles. The normalized spacial score (nSPS) is 10.4. The van der Waals surface area contributed by atoms with Gasteiger partial charge < -0.3 is 9.73 Å². The van der Waals surface area contributed by atoms with Crippen LogP contribution in [0.2, 0.25) is 0 Å². The molecule has 0 spiro atoms. The van der Waals surface area contributed by atoms with Crippen LogP contribution in [0.15, 0.2) is 16.9 Å². The topological polar surface area (TPSA) is 55.1 Å². The number of hydrogen-bond donors (Lipinski definition) is 1. The smallest absolute Gasteiger partial charge is 0.220 e. The van der Waals surface area contributed by atoms with Gasteiger partial charge in [-0.05, 0) is 5.92 Å². The molecule has 1 rings (SSSR count). The predicted octanol–water partition coefficient (Wildman–Crippen LogP) is 1.34. The number of amides is 1. The minimum absolute atomic E-state index is 0.0354. The van der Waals surface area contributed by atoms with Gasteiger partial charge in [-0.25, -0.2) is 4.98 Å². The van der Waals surface area contributed by atoms with Crippen LogP contribution in [0.25, 0.3) is 0 Å². The first kappa shape index (κ1) is 9.77. The third-order valence-electron chi connectivity index (χ3n) is 1.51. The van der Waals surface area contributed by atoms with Crippen molar-refractivity contribution in [3.8, 4) is 0 Å². The second kappa shape index (κ2) is 4.64. The molecule has 4 nitrogen and oxygen atoms in total. The third-order valence-corrected chi connectivity index (χ3v) is 1.51. The van der Waals surface area contributed by atoms with Crippen molar-refractivity contribution in [1.82, 2.24) is 10.3 Å². The van der Waals surface area contributed by atoms with E-state index in [1.54, 1.807) is 6.20 Å². The first-order valence-electron chi connectivity index (χ1n) is 4.33. The molecule has 0 bridgehead atoms. The number of aromatic nitrogens is 1. The van der Waals surface area contributed by atoms with Crippen molar-refractivity contribution in [2.75, 3.05) is 0 Å². The van der Waals surface area contributed by atoms with Gasteiger partial charge in [-0.3, -0.25) is 4.79 Å². The first-order chi connectivity index (χ1) is 6.18. The van der Waals surface area contributed by atoms with Crippen LogP contribution in [-0.2, 0) is 11.3 Å². The van der Waals surface area contributed by atoms with Crippen LogP contribution in [0.4, 0.5) is 0 Å². The Bertz CT molecular complexity index is 255. The average Bonchev–Trinajstić information content (AvgIpc) is 2.51. The lowest BCUT2D eigenvalue weighted by molar-refractivity contribution is -0.122. The molecule has 1 amide bonds. The van der Waals surface area contributed by atoms with E-state index >= 15 is 0 Å². The summed E-state index contributed by atoms with van der Waals surface area (Å²) in [6, 6.07) is 0. The second-order valence-corrected chi connectivity index (χ2v) is 3.30. The molecule has 0 unspecified atom stereocenters. The number of carbonyl (C=O) groups is 1. The molecule has 13 heavy (non-hydrogen) atoms. The van der Waals surface area contributed by atoms with Crippen molar-refractivity contribution in [1.29, 1.82) is 0 Å². The van der Waals surface area contributed by atoms with Gasteiger partial charge in [0.15, 0.2) is 0 Å². The summed E-state index contributed by atoms with van der Waals surface area (Å²) in [6.07, 6.45) is 3.59. The Morgan fingerprint density at radius 2 is 2.46 bits per heavy atom. The Morgan fingerprint density at radius 3 is 3.00 bits per heavy atom. The quantitative estimate of drug-likeness (QED) is 0.764. The highest BCUT2D eigenvalue weighted by Crippen LogP contribution is 1.99. The van der Waals surface area contributed by atoms with Crippen LogP contribution >= 0.6 is 0 Å². The van der Waals surface area contributed by atoms with Gasteiger partial charge in [-0.2, -0.15) is 0 Å². The van der Waals surface area contributed by atoms with E-state index in [9.17, 15) is 4.79 Å². The predicted molar refractivity (Wildman–Crippen MR) is 47.8 cm³/mol. The SMILES string of the molecule is CC(C)CC(=O)NCc1ncco1. The molecule has 0 atom stereocenters. The molecule has 4 heteroatoms. The highest BCUT2D eigenvalue weighted by atomic mass is 16.3. The molecule has 0 fully saturated rings. The van der Waals surface area contributed by atoms with E-state index < -0.39 is 0 Å². The minimum Gasteiger partial charge on any atom is -0.447 e. The van der Waals surface area contributed by atoms with Gasteiger partial charge in [0.05, 0.1) is 12.7 Å². The number of hydrogen-bond acceptors (Lipinski definition) is 3. The van der Waals surface area contributed by atoms with Crippen LogP contribution in [0.5, 0.6) is 0 Å². The Morgan fingerprint density at radius 1 is 1.69 bits per heavy atom. The fraction of sp³-hybridized carbons (Fsp3) is 0.556. The Hall–Kier alpha value is -1.32. The van der Waals surface area contributed by atoms with Crippen LogP contribution < -0.4 is 5.32 Å². The summed E-state index contributed by atoms with van der Waals surface area (Å²) < 4.78 is 4.96. The zero-order chi connectivity index (χ0) is 9.68. The summed E-state index contributed by atoms with van der Waals surface area (Å²) in [6.45, 7) is 4.38. The number of rotatable bonds is 4. The van der Waals surface area contributed by atoms with Gasteiger partial charge in [0.2, 0.25) is 11.8 Å². The Balaban J connectivity index is 2.23.